The molecule has 2 atom stereocenters. The van der Waals surface area contributed by atoms with Crippen LogP contribution in [0.1, 0.15) is 42.7 Å². The highest BCUT2D eigenvalue weighted by atomic mass is 19.4. The summed E-state index contributed by atoms with van der Waals surface area (Å²) in [5, 5.41) is 9.49. The van der Waals surface area contributed by atoms with Gasteiger partial charge in [-0.3, -0.25) is 14.5 Å². The number of hydrogen-bond donors (Lipinski definition) is 4. The minimum Gasteiger partial charge on any atom is -0.497 e. The van der Waals surface area contributed by atoms with Crippen LogP contribution >= 0.6 is 0 Å². The molecule has 17 heteroatoms. The van der Waals surface area contributed by atoms with Crippen LogP contribution < -0.4 is 30.9 Å². The summed E-state index contributed by atoms with van der Waals surface area (Å²) in [5.41, 5.74) is -2.69. The summed E-state index contributed by atoms with van der Waals surface area (Å²) in [5.74, 6) is -7.60. The maximum atomic E-state index is 15.3. The first-order chi connectivity index (χ1) is 21.2. The van der Waals surface area contributed by atoms with Gasteiger partial charge in [-0.15, -0.1) is 0 Å². The topological polar surface area (TPSA) is 125 Å². The van der Waals surface area contributed by atoms with Crippen LogP contribution in [0.3, 0.4) is 0 Å². The average Bonchev–Trinajstić information content (AvgIpc) is 3.29. The zero-order chi connectivity index (χ0) is 33.1. The van der Waals surface area contributed by atoms with Crippen molar-refractivity contribution in [3.63, 3.8) is 0 Å². The highest BCUT2D eigenvalue weighted by Gasteiger charge is 2.49. The molecule has 1 saturated heterocycles. The summed E-state index contributed by atoms with van der Waals surface area (Å²) in [4.78, 5) is 42.7. The van der Waals surface area contributed by atoms with E-state index in [4.69, 9.17) is 4.74 Å². The molecule has 2 fully saturated rings. The fraction of sp³-hybridized carbons (Fsp3) is 0.500. The van der Waals surface area contributed by atoms with Crippen LogP contribution in [-0.4, -0.2) is 68.6 Å². The molecule has 1 aromatic carbocycles. The molecule has 4 amide bonds. The first kappa shape index (κ1) is 33.6. The Hall–Kier alpha value is -4.31. The van der Waals surface area contributed by atoms with Gasteiger partial charge in [-0.2, -0.15) is 13.2 Å². The van der Waals surface area contributed by atoms with Crippen LogP contribution in [0.25, 0.3) is 0 Å². The molecule has 246 valence electrons. The van der Waals surface area contributed by atoms with Gasteiger partial charge in [-0.05, 0) is 31.7 Å². The van der Waals surface area contributed by atoms with Gasteiger partial charge in [0.1, 0.15) is 34.8 Å². The highest BCUT2D eigenvalue weighted by Crippen LogP contribution is 2.44. The predicted molar refractivity (Wildman–Crippen MR) is 147 cm³/mol. The van der Waals surface area contributed by atoms with Crippen molar-refractivity contribution < 1.29 is 49.9 Å². The number of methoxy groups -OCH3 is 1. The van der Waals surface area contributed by atoms with E-state index in [1.54, 1.807) is 0 Å². The number of rotatable bonds is 9. The normalized spacial score (nSPS) is 21.9. The van der Waals surface area contributed by atoms with E-state index in [-0.39, 0.29) is 31.4 Å². The average molecular weight is 649 g/mol. The molecule has 0 radical (unpaired) electrons. The van der Waals surface area contributed by atoms with Gasteiger partial charge in [0.25, 0.3) is 5.91 Å². The Balaban J connectivity index is 1.69. The van der Waals surface area contributed by atoms with Crippen molar-refractivity contribution in [3.8, 4) is 5.75 Å². The first-order valence-electron chi connectivity index (χ1n) is 13.9. The molecule has 45 heavy (non-hydrogen) atoms. The molecule has 10 nitrogen and oxygen atoms in total. The number of aromatic nitrogens is 1. The van der Waals surface area contributed by atoms with Gasteiger partial charge in [0.15, 0.2) is 0 Å². The molecule has 1 aromatic heterocycles. The number of carbonyl (C=O) groups is 3. The zero-order valence-corrected chi connectivity index (χ0v) is 24.1. The fourth-order valence-corrected chi connectivity index (χ4v) is 5.61. The van der Waals surface area contributed by atoms with Crippen molar-refractivity contribution in [3.05, 3.63) is 47.2 Å². The molecule has 0 spiro atoms. The number of alkyl halides is 5. The van der Waals surface area contributed by atoms with Crippen LogP contribution in [0.5, 0.6) is 5.75 Å². The lowest BCUT2D eigenvalue weighted by atomic mass is 9.86. The van der Waals surface area contributed by atoms with Crippen LogP contribution in [0.4, 0.5) is 47.0 Å². The first-order valence-corrected chi connectivity index (χ1v) is 13.9. The molecular formula is C28H31F7N6O4. The summed E-state index contributed by atoms with van der Waals surface area (Å²) in [6, 6.07) is -0.672. The van der Waals surface area contributed by atoms with E-state index >= 15 is 8.78 Å². The maximum absolute atomic E-state index is 15.3. The minimum absolute atomic E-state index is 0.139. The van der Waals surface area contributed by atoms with E-state index in [0.717, 1.165) is 31.5 Å². The molecule has 2 heterocycles. The largest absolute Gasteiger partial charge is 0.497 e. The number of benzene rings is 1. The number of likely N-dealkylation sites (N-methyl/N-ethyl adjacent to an activating group) is 1. The lowest BCUT2D eigenvalue weighted by molar-refractivity contribution is -0.136. The molecule has 1 aliphatic heterocycles. The Morgan fingerprint density at radius 1 is 1.09 bits per heavy atom. The summed E-state index contributed by atoms with van der Waals surface area (Å²) in [6.07, 6.45) is -5.96. The third-order valence-corrected chi connectivity index (χ3v) is 7.91. The van der Waals surface area contributed by atoms with Gasteiger partial charge in [0.05, 0.1) is 19.3 Å². The Bertz CT molecular complexity index is 1400. The summed E-state index contributed by atoms with van der Waals surface area (Å²) in [6.45, 7) is -1.27. The van der Waals surface area contributed by atoms with Gasteiger partial charge >= 0.3 is 12.2 Å². The zero-order valence-electron chi connectivity index (χ0n) is 24.1. The fourth-order valence-electron chi connectivity index (χ4n) is 5.61. The van der Waals surface area contributed by atoms with Crippen molar-refractivity contribution in [2.45, 2.75) is 56.3 Å². The predicted octanol–water partition coefficient (Wildman–Crippen LogP) is 4.17. The SMILES string of the molecule is CNC(=O)CNc1ccnc(N2C[C@@H](c3c(F)cc(OC)cc3F)C(NC(=O)N[C@H]3CC[C@H](C(F)F)CC3)C2=O)c1C(F)(F)F. The van der Waals surface area contributed by atoms with Crippen molar-refractivity contribution in [2.75, 3.05) is 37.5 Å². The van der Waals surface area contributed by atoms with E-state index in [9.17, 15) is 36.3 Å². The molecule has 4 N–H and O–H groups in total. The summed E-state index contributed by atoms with van der Waals surface area (Å²) < 4.78 is 105. The number of amides is 4. The van der Waals surface area contributed by atoms with Gasteiger partial charge in [0.2, 0.25) is 12.3 Å². The summed E-state index contributed by atoms with van der Waals surface area (Å²) in [7, 11) is 2.44. The summed E-state index contributed by atoms with van der Waals surface area (Å²) >= 11 is 0. The Morgan fingerprint density at radius 2 is 1.73 bits per heavy atom. The highest BCUT2D eigenvalue weighted by molar-refractivity contribution is 6.03. The number of pyridine rings is 1. The van der Waals surface area contributed by atoms with E-state index in [2.05, 4.69) is 26.3 Å². The molecule has 4 rings (SSSR count). The van der Waals surface area contributed by atoms with E-state index in [0.29, 0.717) is 4.90 Å². The molecule has 1 saturated carbocycles. The third kappa shape index (κ3) is 7.50. The van der Waals surface area contributed by atoms with Crippen LogP contribution in [-0.2, 0) is 15.8 Å². The van der Waals surface area contributed by atoms with Crippen molar-refractivity contribution in [1.82, 2.24) is 20.9 Å². The van der Waals surface area contributed by atoms with Crippen molar-refractivity contribution in [1.29, 1.82) is 0 Å². The monoisotopic (exact) mass is 648 g/mol. The Kier molecular flexibility index (Phi) is 10.3. The van der Waals surface area contributed by atoms with Crippen LogP contribution in [0, 0.1) is 17.6 Å². The van der Waals surface area contributed by atoms with Crippen molar-refractivity contribution >= 4 is 29.4 Å². The van der Waals surface area contributed by atoms with E-state index in [1.807, 2.05) is 0 Å². The molecular weight excluding hydrogens is 617 g/mol. The Morgan fingerprint density at radius 3 is 2.29 bits per heavy atom. The second kappa shape index (κ2) is 13.8. The Labute approximate surface area is 253 Å². The van der Waals surface area contributed by atoms with Gasteiger partial charge in [-0.1, -0.05) is 0 Å². The number of nitrogens with one attached hydrogen (secondary N) is 4. The quantitative estimate of drug-likeness (QED) is 0.303. The molecule has 2 aliphatic rings. The smallest absolute Gasteiger partial charge is 0.421 e. The minimum atomic E-state index is -5.11. The van der Waals surface area contributed by atoms with Gasteiger partial charge < -0.3 is 26.0 Å². The number of hydrogen-bond acceptors (Lipinski definition) is 6. The van der Waals surface area contributed by atoms with E-state index in [1.165, 1.54) is 7.05 Å². The lowest BCUT2D eigenvalue weighted by Crippen LogP contribution is -2.51. The standard InChI is InChI=1S/C28H31F7N6O4/c1-36-20(42)11-38-19-7-8-37-25(22(19)28(33,34)35)41-12-16(21-17(29)9-15(45-2)10-18(21)30)23(26(41)43)40-27(44)39-14-5-3-13(4-6-14)24(31)32/h7-10,13-14,16,23-24H,3-6,11-12H2,1-2H3,(H,36,42)(H,37,38)(H2,39,40,44)/t13-,14-,16-,23?/m0/s1. The number of halogens is 7. The maximum Gasteiger partial charge on any atom is 0.421 e. The molecule has 1 aliphatic carbocycles. The van der Waals surface area contributed by atoms with E-state index < -0.39 is 102 Å². The third-order valence-electron chi connectivity index (χ3n) is 7.91. The number of nitrogens with zero attached hydrogens (tertiary/aromatic N) is 2. The van der Waals surface area contributed by atoms with Crippen molar-refractivity contribution in [2.24, 2.45) is 5.92 Å². The lowest BCUT2D eigenvalue weighted by Gasteiger charge is -2.29. The molecule has 1 unspecified atom stereocenters. The molecule has 0 bridgehead atoms. The van der Waals surface area contributed by atoms with Gasteiger partial charge in [-0.25, -0.2) is 27.3 Å². The van der Waals surface area contributed by atoms with Gasteiger partial charge in [0, 0.05) is 55.4 Å². The second-order valence-electron chi connectivity index (χ2n) is 10.7. The van der Waals surface area contributed by atoms with Crippen LogP contribution in [0.15, 0.2) is 24.4 Å². The van der Waals surface area contributed by atoms with Crippen LogP contribution in [0.2, 0.25) is 0 Å². The number of anilines is 2. The second-order valence-corrected chi connectivity index (χ2v) is 10.7. The molecule has 2 aromatic rings. The number of carbonyl (C=O) groups excluding carboxylic acids is 3. The number of ether oxygens (including phenoxy) is 1. The number of urea groups is 1.